The Morgan fingerprint density at radius 1 is 1.24 bits per heavy atom. The number of carbonyl (C=O) groups excluding carboxylic acids is 1. The van der Waals surface area contributed by atoms with Crippen molar-refractivity contribution >= 4 is 11.6 Å². The smallest absolute Gasteiger partial charge is 0.230 e. The maximum absolute atomic E-state index is 12.4. The van der Waals surface area contributed by atoms with Gasteiger partial charge in [-0.2, -0.15) is 0 Å². The molecule has 4 atom stereocenters. The quantitative estimate of drug-likeness (QED) is 0.871. The summed E-state index contributed by atoms with van der Waals surface area (Å²) in [4.78, 5) is 12.4. The summed E-state index contributed by atoms with van der Waals surface area (Å²) in [5.74, 6) is 0.855. The van der Waals surface area contributed by atoms with Crippen molar-refractivity contribution in [1.82, 2.24) is 0 Å². The molecule has 1 aliphatic heterocycles. The van der Waals surface area contributed by atoms with E-state index < -0.39 is 0 Å². The van der Waals surface area contributed by atoms with Crippen LogP contribution in [0.1, 0.15) is 20.8 Å². The van der Waals surface area contributed by atoms with Gasteiger partial charge in [0.15, 0.2) is 0 Å². The average molecular weight is 292 g/mol. The number of ether oxygens (including phenoxy) is 2. The minimum absolute atomic E-state index is 0.00924. The van der Waals surface area contributed by atoms with Gasteiger partial charge in [-0.25, -0.2) is 0 Å². The van der Waals surface area contributed by atoms with Crippen molar-refractivity contribution in [3.63, 3.8) is 0 Å². The fraction of sp³-hybridized carbons (Fsp3) is 0.562. The van der Waals surface area contributed by atoms with Gasteiger partial charge in [-0.05, 0) is 44.0 Å². The molecule has 1 amide bonds. The van der Waals surface area contributed by atoms with E-state index >= 15 is 0 Å². The lowest BCUT2D eigenvalue weighted by Gasteiger charge is -2.18. The maximum Gasteiger partial charge on any atom is 0.230 e. The molecule has 2 rings (SSSR count). The van der Waals surface area contributed by atoms with Crippen molar-refractivity contribution in [2.24, 2.45) is 17.6 Å². The van der Waals surface area contributed by atoms with Gasteiger partial charge in [-0.3, -0.25) is 4.79 Å². The largest absolute Gasteiger partial charge is 0.492 e. The lowest BCUT2D eigenvalue weighted by Crippen LogP contribution is -2.31. The van der Waals surface area contributed by atoms with E-state index in [-0.39, 0.29) is 30.0 Å². The molecule has 0 bridgehead atoms. The second kappa shape index (κ2) is 6.91. The number of benzene rings is 1. The molecule has 0 aromatic heterocycles. The van der Waals surface area contributed by atoms with Crippen molar-refractivity contribution in [3.05, 3.63) is 24.3 Å². The zero-order chi connectivity index (χ0) is 15.4. The Morgan fingerprint density at radius 3 is 2.43 bits per heavy atom. The third-order valence-corrected chi connectivity index (χ3v) is 4.05. The zero-order valence-electron chi connectivity index (χ0n) is 12.8. The summed E-state index contributed by atoms with van der Waals surface area (Å²) >= 11 is 0. The fourth-order valence-corrected chi connectivity index (χ4v) is 2.76. The average Bonchev–Trinajstić information content (AvgIpc) is 2.71. The second-order valence-electron chi connectivity index (χ2n) is 5.58. The predicted molar refractivity (Wildman–Crippen MR) is 82.3 cm³/mol. The third-order valence-electron chi connectivity index (χ3n) is 4.05. The van der Waals surface area contributed by atoms with Crippen LogP contribution in [0.5, 0.6) is 5.75 Å². The van der Waals surface area contributed by atoms with Crippen molar-refractivity contribution in [3.8, 4) is 5.75 Å². The molecule has 1 aliphatic rings. The van der Waals surface area contributed by atoms with E-state index in [2.05, 4.69) is 12.2 Å². The van der Waals surface area contributed by atoms with Crippen molar-refractivity contribution in [1.29, 1.82) is 0 Å². The summed E-state index contributed by atoms with van der Waals surface area (Å²) in [7, 11) is 0. The first kappa shape index (κ1) is 15.8. The number of nitrogens with one attached hydrogen (secondary N) is 1. The van der Waals surface area contributed by atoms with Crippen LogP contribution in [0.2, 0.25) is 0 Å². The molecule has 116 valence electrons. The highest BCUT2D eigenvalue weighted by Gasteiger charge is 2.41. The lowest BCUT2D eigenvalue weighted by molar-refractivity contribution is -0.121. The van der Waals surface area contributed by atoms with Gasteiger partial charge in [0.05, 0.1) is 18.1 Å². The molecule has 0 radical (unpaired) electrons. The van der Waals surface area contributed by atoms with E-state index in [0.717, 1.165) is 11.4 Å². The number of nitrogens with two attached hydrogens (primary N) is 1. The van der Waals surface area contributed by atoms with Gasteiger partial charge in [0.2, 0.25) is 5.91 Å². The van der Waals surface area contributed by atoms with Crippen LogP contribution in [-0.4, -0.2) is 31.3 Å². The van der Waals surface area contributed by atoms with Gasteiger partial charge >= 0.3 is 0 Å². The molecule has 1 fully saturated rings. The minimum atomic E-state index is -0.117. The third kappa shape index (κ3) is 3.74. The maximum atomic E-state index is 12.4. The summed E-state index contributed by atoms with van der Waals surface area (Å²) in [6.45, 7) is 6.99. The topological polar surface area (TPSA) is 73.6 Å². The van der Waals surface area contributed by atoms with Crippen LogP contribution in [0.25, 0.3) is 0 Å². The summed E-state index contributed by atoms with van der Waals surface area (Å²) in [6, 6.07) is 7.31. The van der Waals surface area contributed by atoms with Gasteiger partial charge in [0, 0.05) is 12.2 Å². The highest BCUT2D eigenvalue weighted by molar-refractivity contribution is 5.93. The van der Waals surface area contributed by atoms with Crippen LogP contribution in [0, 0.1) is 11.8 Å². The SMILES string of the molecule is CC1OC(C)C(C(=O)Nc2ccc(OCCN)cc2)C1C. The molecule has 1 aromatic carbocycles. The minimum Gasteiger partial charge on any atom is -0.492 e. The molecule has 1 saturated heterocycles. The van der Waals surface area contributed by atoms with Crippen molar-refractivity contribution < 1.29 is 14.3 Å². The van der Waals surface area contributed by atoms with E-state index in [9.17, 15) is 4.79 Å². The Labute approximate surface area is 125 Å². The molecule has 0 saturated carbocycles. The van der Waals surface area contributed by atoms with E-state index in [0.29, 0.717) is 13.2 Å². The van der Waals surface area contributed by atoms with E-state index in [1.54, 1.807) is 0 Å². The fourth-order valence-electron chi connectivity index (χ4n) is 2.76. The van der Waals surface area contributed by atoms with Gasteiger partial charge in [-0.15, -0.1) is 0 Å². The van der Waals surface area contributed by atoms with Crippen LogP contribution in [0.3, 0.4) is 0 Å². The molecular formula is C16H24N2O3. The van der Waals surface area contributed by atoms with Crippen LogP contribution in [-0.2, 0) is 9.53 Å². The first-order chi connectivity index (χ1) is 10.0. The molecule has 1 heterocycles. The highest BCUT2D eigenvalue weighted by Crippen LogP contribution is 2.33. The molecule has 21 heavy (non-hydrogen) atoms. The summed E-state index contributed by atoms with van der Waals surface area (Å²) in [6.07, 6.45) is 0.0601. The van der Waals surface area contributed by atoms with Gasteiger partial charge in [0.25, 0.3) is 0 Å². The Morgan fingerprint density at radius 2 is 1.90 bits per heavy atom. The molecule has 0 aliphatic carbocycles. The first-order valence-electron chi connectivity index (χ1n) is 7.42. The standard InChI is InChI=1S/C16H24N2O3/c1-10-11(2)21-12(3)15(10)16(19)18-13-4-6-14(7-5-13)20-9-8-17/h4-7,10-12,15H,8-9,17H2,1-3H3,(H,18,19). The normalized spacial score (nSPS) is 28.4. The predicted octanol–water partition coefficient (Wildman–Crippen LogP) is 2.02. The summed E-state index contributed by atoms with van der Waals surface area (Å²) < 4.78 is 11.1. The number of rotatable bonds is 5. The second-order valence-corrected chi connectivity index (χ2v) is 5.58. The van der Waals surface area contributed by atoms with Crippen LogP contribution in [0.15, 0.2) is 24.3 Å². The monoisotopic (exact) mass is 292 g/mol. The molecule has 0 spiro atoms. The highest BCUT2D eigenvalue weighted by atomic mass is 16.5. The summed E-state index contributed by atoms with van der Waals surface area (Å²) in [5, 5.41) is 2.95. The number of hydrogen-bond donors (Lipinski definition) is 2. The van der Waals surface area contributed by atoms with E-state index in [4.69, 9.17) is 15.2 Å². The number of hydrogen-bond acceptors (Lipinski definition) is 4. The van der Waals surface area contributed by atoms with Crippen LogP contribution in [0.4, 0.5) is 5.69 Å². The first-order valence-corrected chi connectivity index (χ1v) is 7.42. The van der Waals surface area contributed by atoms with E-state index in [1.165, 1.54) is 0 Å². The van der Waals surface area contributed by atoms with Crippen molar-refractivity contribution in [2.75, 3.05) is 18.5 Å². The molecular weight excluding hydrogens is 268 g/mol. The Hall–Kier alpha value is -1.59. The molecule has 1 aromatic rings. The number of amides is 1. The van der Waals surface area contributed by atoms with Gasteiger partial charge in [0.1, 0.15) is 12.4 Å². The lowest BCUT2D eigenvalue weighted by atomic mass is 9.89. The molecule has 5 heteroatoms. The Kier molecular flexibility index (Phi) is 5.20. The number of anilines is 1. The molecule has 5 nitrogen and oxygen atoms in total. The van der Waals surface area contributed by atoms with Gasteiger partial charge in [-0.1, -0.05) is 6.92 Å². The van der Waals surface area contributed by atoms with Crippen LogP contribution < -0.4 is 15.8 Å². The van der Waals surface area contributed by atoms with E-state index in [1.807, 2.05) is 38.1 Å². The molecule has 4 unspecified atom stereocenters. The van der Waals surface area contributed by atoms with Gasteiger partial charge < -0.3 is 20.5 Å². The molecule has 3 N–H and O–H groups in total. The Balaban J connectivity index is 1.96. The zero-order valence-corrected chi connectivity index (χ0v) is 12.8. The van der Waals surface area contributed by atoms with Crippen molar-refractivity contribution in [2.45, 2.75) is 33.0 Å². The van der Waals surface area contributed by atoms with Crippen LogP contribution >= 0.6 is 0 Å². The Bertz CT molecular complexity index is 475. The number of carbonyl (C=O) groups is 1. The summed E-state index contributed by atoms with van der Waals surface area (Å²) in [5.41, 5.74) is 6.15.